The molecule has 0 aromatic rings. The Morgan fingerprint density at radius 1 is 1.00 bits per heavy atom. The number of aliphatic hydroxyl groups excluding tert-OH is 2. The van der Waals surface area contributed by atoms with E-state index in [0.29, 0.717) is 66.5 Å². The van der Waals surface area contributed by atoms with Crippen LogP contribution >= 0.6 is 0 Å². The van der Waals surface area contributed by atoms with Crippen molar-refractivity contribution in [3.8, 4) is 0 Å². The monoisotopic (exact) mass is 599 g/mol. The molecule has 2 spiro atoms. The van der Waals surface area contributed by atoms with E-state index in [0.717, 1.165) is 12.8 Å². The van der Waals surface area contributed by atoms with E-state index < -0.39 is 6.10 Å². The zero-order chi connectivity index (χ0) is 30.2. The summed E-state index contributed by atoms with van der Waals surface area (Å²) in [5.41, 5.74) is 0.578. The number of rotatable bonds is 5. The van der Waals surface area contributed by atoms with Gasteiger partial charge in [-0.1, -0.05) is 34.6 Å². The number of amides is 1. The largest absolute Gasteiger partial charge is 0.394 e. The topological polar surface area (TPSA) is 88.5 Å². The zero-order valence-corrected chi connectivity index (χ0v) is 27.4. The Bertz CT molecular complexity index is 1140. The van der Waals surface area contributed by atoms with Crippen molar-refractivity contribution in [1.29, 1.82) is 0 Å². The van der Waals surface area contributed by atoms with Crippen LogP contribution < -0.4 is 0 Å². The molecule has 8 aliphatic rings. The molecule has 2 aliphatic heterocycles. The molecule has 1 amide bonds. The lowest BCUT2D eigenvalue weighted by Gasteiger charge is -2.64. The van der Waals surface area contributed by atoms with E-state index in [1.165, 1.54) is 51.4 Å². The minimum Gasteiger partial charge on any atom is -0.394 e. The first-order valence-corrected chi connectivity index (χ1v) is 17.9. The standard InChI is InChI=1S/C36H57NO6/c1-21-16-23(19-38)42-30-29(21)33(4)12-13-36-20-35(36)11-10-26(32(2,3)24(35)8-9-25(36)34(33,5)31(30)40)43-28-18-37(14-15-41-28)27(39)17-22-6-7-22/h21-26,28-31,38,40H,6-20H2,1-5H3/t21-,23-,24+,25+,26?,28+,29+,30+,31+,33-,34-,35?,36+/m1/s1. The van der Waals surface area contributed by atoms with Gasteiger partial charge in [-0.3, -0.25) is 4.79 Å². The summed E-state index contributed by atoms with van der Waals surface area (Å²) in [5.74, 6) is 2.80. The molecule has 2 heterocycles. The maximum absolute atomic E-state index is 12.8. The van der Waals surface area contributed by atoms with Crippen LogP contribution in [0.1, 0.15) is 105 Å². The summed E-state index contributed by atoms with van der Waals surface area (Å²) in [7, 11) is 0. The van der Waals surface area contributed by atoms with Crippen molar-refractivity contribution in [3.63, 3.8) is 0 Å². The van der Waals surface area contributed by atoms with Crippen LogP contribution in [0.25, 0.3) is 0 Å². The highest BCUT2D eigenvalue weighted by Gasteiger charge is 2.84. The first-order chi connectivity index (χ1) is 20.4. The summed E-state index contributed by atoms with van der Waals surface area (Å²) >= 11 is 0. The van der Waals surface area contributed by atoms with Crippen LogP contribution in [-0.2, 0) is 19.0 Å². The predicted molar refractivity (Wildman–Crippen MR) is 162 cm³/mol. The molecule has 2 unspecified atom stereocenters. The molecule has 6 aliphatic carbocycles. The smallest absolute Gasteiger partial charge is 0.223 e. The number of carbonyl (C=O) groups excluding carboxylic acids is 1. The lowest BCUT2D eigenvalue weighted by Crippen LogP contribution is -2.60. The molecule has 242 valence electrons. The van der Waals surface area contributed by atoms with Crippen LogP contribution in [0.15, 0.2) is 0 Å². The van der Waals surface area contributed by atoms with Gasteiger partial charge in [-0.2, -0.15) is 0 Å². The molecule has 6 saturated carbocycles. The molecular weight excluding hydrogens is 542 g/mol. The average molecular weight is 600 g/mol. The Hall–Kier alpha value is -0.730. The summed E-state index contributed by atoms with van der Waals surface area (Å²) in [6.45, 7) is 14.0. The van der Waals surface area contributed by atoms with Gasteiger partial charge >= 0.3 is 0 Å². The molecule has 13 atom stereocenters. The van der Waals surface area contributed by atoms with Crippen molar-refractivity contribution < 1.29 is 29.2 Å². The minimum absolute atomic E-state index is 0.0340. The number of ether oxygens (including phenoxy) is 3. The predicted octanol–water partition coefficient (Wildman–Crippen LogP) is 5.16. The van der Waals surface area contributed by atoms with Gasteiger partial charge in [0.15, 0.2) is 6.29 Å². The van der Waals surface area contributed by atoms with Crippen molar-refractivity contribution >= 4 is 5.91 Å². The van der Waals surface area contributed by atoms with E-state index in [9.17, 15) is 15.0 Å². The minimum atomic E-state index is -0.475. The number of aliphatic hydroxyl groups is 2. The Balaban J connectivity index is 1.01. The van der Waals surface area contributed by atoms with Gasteiger partial charge < -0.3 is 29.3 Å². The third kappa shape index (κ3) is 3.87. The summed E-state index contributed by atoms with van der Waals surface area (Å²) in [4.78, 5) is 14.8. The van der Waals surface area contributed by atoms with Crippen LogP contribution in [0.4, 0.5) is 0 Å². The van der Waals surface area contributed by atoms with Crippen LogP contribution in [0.5, 0.6) is 0 Å². The van der Waals surface area contributed by atoms with Crippen LogP contribution in [0.2, 0.25) is 0 Å². The molecule has 7 heteroatoms. The highest BCUT2D eigenvalue weighted by Crippen LogP contribution is 2.89. The van der Waals surface area contributed by atoms with Gasteiger partial charge in [0.1, 0.15) is 0 Å². The van der Waals surface area contributed by atoms with Crippen LogP contribution in [0.3, 0.4) is 0 Å². The molecule has 8 rings (SSSR count). The molecular formula is C36H57NO6. The number of fused-ring (bicyclic) bond motifs is 4. The summed E-state index contributed by atoms with van der Waals surface area (Å²) in [5, 5.41) is 22.2. The second-order valence-electron chi connectivity index (χ2n) is 17.7. The number of morpholine rings is 1. The van der Waals surface area contributed by atoms with Gasteiger partial charge in [0.25, 0.3) is 0 Å². The highest BCUT2D eigenvalue weighted by atomic mass is 16.7. The Labute approximate surface area is 258 Å². The maximum Gasteiger partial charge on any atom is 0.223 e. The normalized spacial score (nSPS) is 55.0. The fraction of sp³-hybridized carbons (Fsp3) is 0.972. The number of carbonyl (C=O) groups is 1. The zero-order valence-electron chi connectivity index (χ0n) is 27.4. The van der Waals surface area contributed by atoms with Crippen molar-refractivity contribution in [2.24, 2.45) is 56.7 Å². The van der Waals surface area contributed by atoms with E-state index in [1.807, 2.05) is 4.90 Å². The lowest BCUT2D eigenvalue weighted by molar-refractivity contribution is -0.248. The Morgan fingerprint density at radius 2 is 1.74 bits per heavy atom. The summed E-state index contributed by atoms with van der Waals surface area (Å²) in [6.07, 6.45) is 11.4. The van der Waals surface area contributed by atoms with E-state index >= 15 is 0 Å². The van der Waals surface area contributed by atoms with Gasteiger partial charge in [-0.25, -0.2) is 0 Å². The van der Waals surface area contributed by atoms with Gasteiger partial charge in [0.2, 0.25) is 5.91 Å². The SMILES string of the molecule is C[C@@H]1C[C@H](CO)O[C@H]2[C@H]1[C@@]1(C)CC[C@@]34CC35CCC(O[C@H]3CN(C(=O)CC6CC6)CCO3)C(C)(C)[C@@H]5CC[C@H]4[C@]1(C)[C@H]2O. The quantitative estimate of drug-likeness (QED) is 0.454. The second-order valence-corrected chi connectivity index (χ2v) is 17.7. The first kappa shape index (κ1) is 29.7. The van der Waals surface area contributed by atoms with E-state index in [2.05, 4.69) is 34.6 Å². The summed E-state index contributed by atoms with van der Waals surface area (Å²) < 4.78 is 19.4. The van der Waals surface area contributed by atoms with Gasteiger partial charge in [-0.15, -0.1) is 0 Å². The molecule has 43 heavy (non-hydrogen) atoms. The van der Waals surface area contributed by atoms with E-state index in [-0.39, 0.29) is 53.4 Å². The fourth-order valence-electron chi connectivity index (χ4n) is 13.6. The average Bonchev–Trinajstić information content (AvgIpc) is 3.90. The van der Waals surface area contributed by atoms with Crippen LogP contribution in [-0.4, -0.2) is 78.0 Å². The summed E-state index contributed by atoms with van der Waals surface area (Å²) in [6, 6.07) is 0. The molecule has 7 nitrogen and oxygen atoms in total. The number of hydrogen-bond donors (Lipinski definition) is 2. The van der Waals surface area contributed by atoms with Gasteiger partial charge in [0.05, 0.1) is 44.2 Å². The molecule has 0 radical (unpaired) electrons. The lowest BCUT2D eigenvalue weighted by atomic mass is 9.41. The molecule has 0 aromatic carbocycles. The maximum atomic E-state index is 12.8. The second kappa shape index (κ2) is 9.65. The van der Waals surface area contributed by atoms with Crippen LogP contribution in [0, 0.1) is 56.7 Å². The third-order valence-corrected chi connectivity index (χ3v) is 15.9. The molecule has 2 N–H and O–H groups in total. The van der Waals surface area contributed by atoms with Gasteiger partial charge in [0, 0.05) is 18.4 Å². The third-order valence-electron chi connectivity index (χ3n) is 15.9. The molecule has 0 aromatic heterocycles. The van der Waals surface area contributed by atoms with Crippen molar-refractivity contribution in [2.45, 2.75) is 136 Å². The molecule has 0 bridgehead atoms. The van der Waals surface area contributed by atoms with Crippen molar-refractivity contribution in [1.82, 2.24) is 4.90 Å². The van der Waals surface area contributed by atoms with E-state index in [4.69, 9.17) is 14.2 Å². The van der Waals surface area contributed by atoms with Crippen molar-refractivity contribution in [2.75, 3.05) is 26.3 Å². The Morgan fingerprint density at radius 3 is 2.49 bits per heavy atom. The highest BCUT2D eigenvalue weighted by molar-refractivity contribution is 5.76. The first-order valence-electron chi connectivity index (χ1n) is 17.9. The number of hydrogen-bond acceptors (Lipinski definition) is 6. The van der Waals surface area contributed by atoms with Gasteiger partial charge in [-0.05, 0) is 115 Å². The van der Waals surface area contributed by atoms with Crippen molar-refractivity contribution in [3.05, 3.63) is 0 Å². The molecule has 8 fully saturated rings. The molecule has 2 saturated heterocycles. The Kier molecular flexibility index (Phi) is 6.66. The van der Waals surface area contributed by atoms with E-state index in [1.54, 1.807) is 0 Å². The fourth-order valence-corrected chi connectivity index (χ4v) is 13.6. The number of nitrogens with zero attached hydrogens (tertiary/aromatic N) is 1.